The minimum atomic E-state index is -0.242. The van der Waals surface area contributed by atoms with Gasteiger partial charge in [-0.3, -0.25) is 4.79 Å². The molecular weight excluding hydrogens is 248 g/mol. The quantitative estimate of drug-likeness (QED) is 0.514. The summed E-state index contributed by atoms with van der Waals surface area (Å²) in [7, 11) is 0. The van der Waals surface area contributed by atoms with Gasteiger partial charge in [-0.15, -0.1) is 0 Å². The monoisotopic (exact) mass is 266 g/mol. The third kappa shape index (κ3) is 3.38. The van der Waals surface area contributed by atoms with E-state index in [0.29, 0.717) is 11.1 Å². The normalized spacial score (nSPS) is 17.6. The van der Waals surface area contributed by atoms with Crippen LogP contribution in [0.25, 0.3) is 0 Å². The fraction of sp³-hybridized carbons (Fsp3) is 0.538. The van der Waals surface area contributed by atoms with E-state index in [1.54, 1.807) is 18.2 Å². The minimum Gasteiger partial charge on any atom is -0.618 e. The van der Waals surface area contributed by atoms with Crippen molar-refractivity contribution in [2.24, 2.45) is 0 Å². The van der Waals surface area contributed by atoms with Crippen LogP contribution in [0.1, 0.15) is 32.6 Å². The number of pyridine rings is 1. The minimum absolute atomic E-state index is 0.0238. The number of carbonyl (C=O) groups excluding carboxylic acids is 1. The van der Waals surface area contributed by atoms with Crippen molar-refractivity contribution in [2.75, 3.05) is 0 Å². The molecule has 1 aliphatic rings. The average molecular weight is 266 g/mol. The third-order valence-electron chi connectivity index (χ3n) is 3.16. The summed E-state index contributed by atoms with van der Waals surface area (Å²) in [6, 6.07) is 5.55. The van der Waals surface area contributed by atoms with Crippen molar-refractivity contribution in [1.82, 2.24) is 5.32 Å². The van der Waals surface area contributed by atoms with E-state index in [2.05, 4.69) is 5.32 Å². The van der Waals surface area contributed by atoms with Crippen molar-refractivity contribution in [3.8, 4) is 0 Å². The Hall–Kier alpha value is -1.23. The van der Waals surface area contributed by atoms with Gasteiger partial charge in [0.1, 0.15) is 0 Å². The summed E-state index contributed by atoms with van der Waals surface area (Å²) in [6.45, 7) is 1.84. The van der Waals surface area contributed by atoms with Crippen LogP contribution in [0.4, 0.5) is 0 Å². The zero-order valence-electron chi connectivity index (χ0n) is 10.5. The van der Waals surface area contributed by atoms with Gasteiger partial charge in [0.05, 0.1) is 5.25 Å². The first-order chi connectivity index (χ1) is 8.66. The van der Waals surface area contributed by atoms with Crippen LogP contribution in [-0.2, 0) is 4.79 Å². The number of amides is 1. The van der Waals surface area contributed by atoms with E-state index >= 15 is 0 Å². The first-order valence-electron chi connectivity index (χ1n) is 6.32. The zero-order chi connectivity index (χ0) is 13.0. The van der Waals surface area contributed by atoms with E-state index in [0.717, 1.165) is 17.6 Å². The standard InChI is InChI=1S/C13H18N2O2S/c1-10(13(16)14-11-6-2-3-7-11)18-12-8-4-5-9-15(12)17/h4-5,8-11H,2-3,6-7H2,1H3,(H,14,16). The van der Waals surface area contributed by atoms with Crippen LogP contribution in [0.2, 0.25) is 0 Å². The second-order valence-electron chi connectivity index (χ2n) is 4.61. The lowest BCUT2D eigenvalue weighted by molar-refractivity contribution is -0.645. The molecule has 2 rings (SSSR count). The summed E-state index contributed by atoms with van der Waals surface area (Å²) in [4.78, 5) is 12.0. The summed E-state index contributed by atoms with van der Waals surface area (Å²) in [5.41, 5.74) is 0. The molecular formula is C13H18N2O2S. The molecule has 0 bridgehead atoms. The van der Waals surface area contributed by atoms with Crippen LogP contribution in [-0.4, -0.2) is 17.2 Å². The molecule has 18 heavy (non-hydrogen) atoms. The van der Waals surface area contributed by atoms with E-state index in [4.69, 9.17) is 0 Å². The summed E-state index contributed by atoms with van der Waals surface area (Å²) >= 11 is 1.30. The molecule has 0 spiro atoms. The smallest absolute Gasteiger partial charge is 0.252 e. The number of carbonyl (C=O) groups is 1. The summed E-state index contributed by atoms with van der Waals surface area (Å²) in [5, 5.41) is 14.9. The highest BCUT2D eigenvalue weighted by molar-refractivity contribution is 8.00. The molecule has 1 aliphatic carbocycles. The molecule has 0 aliphatic heterocycles. The maximum atomic E-state index is 12.0. The van der Waals surface area contributed by atoms with Gasteiger partial charge in [-0.25, -0.2) is 0 Å². The number of nitrogens with zero attached hydrogens (tertiary/aromatic N) is 1. The van der Waals surface area contributed by atoms with Gasteiger partial charge in [0, 0.05) is 18.2 Å². The predicted molar refractivity (Wildman–Crippen MR) is 71.1 cm³/mol. The second-order valence-corrected chi connectivity index (χ2v) is 5.98. The van der Waals surface area contributed by atoms with Gasteiger partial charge in [-0.05, 0) is 37.6 Å². The molecule has 1 aromatic rings. The van der Waals surface area contributed by atoms with Crippen molar-refractivity contribution < 1.29 is 9.52 Å². The molecule has 1 fully saturated rings. The largest absolute Gasteiger partial charge is 0.618 e. The molecule has 1 heterocycles. The lowest BCUT2D eigenvalue weighted by atomic mass is 10.2. The molecule has 1 unspecified atom stereocenters. The summed E-state index contributed by atoms with van der Waals surface area (Å²) in [5.74, 6) is 0.0238. The van der Waals surface area contributed by atoms with E-state index in [1.807, 2.05) is 6.92 Å². The Morgan fingerprint density at radius 1 is 1.50 bits per heavy atom. The van der Waals surface area contributed by atoms with Crippen molar-refractivity contribution in [1.29, 1.82) is 0 Å². The number of rotatable bonds is 4. The van der Waals surface area contributed by atoms with Crippen LogP contribution in [0, 0.1) is 5.21 Å². The van der Waals surface area contributed by atoms with Gasteiger partial charge in [-0.1, -0.05) is 12.8 Å². The molecule has 98 valence electrons. The lowest BCUT2D eigenvalue weighted by Gasteiger charge is -2.15. The Morgan fingerprint density at radius 2 is 2.22 bits per heavy atom. The Kier molecular flexibility index (Phi) is 4.47. The molecule has 0 saturated heterocycles. The fourth-order valence-corrected chi connectivity index (χ4v) is 2.99. The van der Waals surface area contributed by atoms with E-state index in [1.165, 1.54) is 30.8 Å². The SMILES string of the molecule is CC(Sc1cccc[n+]1[O-])C(=O)NC1CCCC1. The van der Waals surface area contributed by atoms with Gasteiger partial charge in [-0.2, -0.15) is 4.73 Å². The molecule has 5 heteroatoms. The maximum Gasteiger partial charge on any atom is 0.252 e. The van der Waals surface area contributed by atoms with Crippen molar-refractivity contribution in [2.45, 2.75) is 48.9 Å². The molecule has 0 aromatic carbocycles. The second kappa shape index (κ2) is 6.09. The summed E-state index contributed by atoms with van der Waals surface area (Å²) < 4.78 is 0.796. The Balaban J connectivity index is 1.89. The number of hydrogen-bond acceptors (Lipinski definition) is 3. The first kappa shape index (κ1) is 13.2. The van der Waals surface area contributed by atoms with Gasteiger partial charge >= 0.3 is 0 Å². The average Bonchev–Trinajstić information content (AvgIpc) is 2.84. The highest BCUT2D eigenvalue weighted by Crippen LogP contribution is 2.22. The van der Waals surface area contributed by atoms with Crippen LogP contribution in [0.3, 0.4) is 0 Å². The third-order valence-corrected chi connectivity index (χ3v) is 4.28. The van der Waals surface area contributed by atoms with E-state index in [9.17, 15) is 10.0 Å². The molecule has 1 aromatic heterocycles. The molecule has 1 N–H and O–H groups in total. The highest BCUT2D eigenvalue weighted by atomic mass is 32.2. The molecule has 1 saturated carbocycles. The van der Waals surface area contributed by atoms with Crippen LogP contribution in [0.15, 0.2) is 29.4 Å². The van der Waals surface area contributed by atoms with Crippen molar-refractivity contribution in [3.63, 3.8) is 0 Å². The van der Waals surface area contributed by atoms with Crippen LogP contribution < -0.4 is 10.0 Å². The molecule has 1 atom stereocenters. The van der Waals surface area contributed by atoms with Gasteiger partial charge in [0.25, 0.3) is 5.03 Å². The number of hydrogen-bond donors (Lipinski definition) is 1. The van der Waals surface area contributed by atoms with Crippen LogP contribution in [0.5, 0.6) is 0 Å². The highest BCUT2D eigenvalue weighted by Gasteiger charge is 2.23. The van der Waals surface area contributed by atoms with Crippen molar-refractivity contribution in [3.05, 3.63) is 29.6 Å². The van der Waals surface area contributed by atoms with E-state index in [-0.39, 0.29) is 11.2 Å². The van der Waals surface area contributed by atoms with Crippen molar-refractivity contribution >= 4 is 17.7 Å². The fourth-order valence-electron chi connectivity index (χ4n) is 2.13. The zero-order valence-corrected chi connectivity index (χ0v) is 11.3. The summed E-state index contributed by atoms with van der Waals surface area (Å²) in [6.07, 6.45) is 6.01. The Labute approximate surface area is 111 Å². The van der Waals surface area contributed by atoms with Gasteiger partial charge in [0.15, 0.2) is 6.20 Å². The first-order valence-corrected chi connectivity index (χ1v) is 7.20. The Bertz CT molecular complexity index is 419. The van der Waals surface area contributed by atoms with Gasteiger partial charge < -0.3 is 10.5 Å². The van der Waals surface area contributed by atoms with E-state index < -0.39 is 0 Å². The molecule has 0 radical (unpaired) electrons. The van der Waals surface area contributed by atoms with Gasteiger partial charge in [0.2, 0.25) is 5.91 Å². The maximum absolute atomic E-state index is 12.0. The predicted octanol–water partition coefficient (Wildman–Crippen LogP) is 1.86. The number of nitrogens with one attached hydrogen (secondary N) is 1. The molecule has 1 amide bonds. The Morgan fingerprint density at radius 3 is 2.89 bits per heavy atom. The topological polar surface area (TPSA) is 56.0 Å². The number of aromatic nitrogens is 1. The van der Waals surface area contributed by atoms with Crippen LogP contribution >= 0.6 is 11.8 Å². The lowest BCUT2D eigenvalue weighted by Crippen LogP contribution is -2.38. The molecule has 4 nitrogen and oxygen atoms in total. The number of thioether (sulfide) groups is 1.